The molecule has 1 amide bonds. The number of aryl methyl sites for hydroxylation is 2. The van der Waals surface area contributed by atoms with Crippen molar-refractivity contribution in [3.8, 4) is 0 Å². The van der Waals surface area contributed by atoms with Crippen LogP contribution in [-0.2, 0) is 6.18 Å². The summed E-state index contributed by atoms with van der Waals surface area (Å²) in [6, 6.07) is 5.77. The lowest BCUT2D eigenvalue weighted by Crippen LogP contribution is -2.38. The molecular formula is C24H28ClF3N6O. The summed E-state index contributed by atoms with van der Waals surface area (Å²) in [7, 11) is 0. The predicted octanol–water partition coefficient (Wildman–Crippen LogP) is 5.19. The van der Waals surface area contributed by atoms with Crippen LogP contribution in [0.1, 0.15) is 53.1 Å². The number of carbonyl (C=O) groups excluding carboxylic acids is 1. The first-order chi connectivity index (χ1) is 16.6. The van der Waals surface area contributed by atoms with Crippen molar-refractivity contribution >= 4 is 34.1 Å². The van der Waals surface area contributed by atoms with Gasteiger partial charge in [0, 0.05) is 27.8 Å². The molecule has 1 unspecified atom stereocenters. The number of halogens is 4. The Labute approximate surface area is 206 Å². The number of benzene rings is 1. The number of aromatic nitrogens is 3. The fourth-order valence-electron chi connectivity index (χ4n) is 4.68. The number of carbonyl (C=O) groups is 1. The number of fused-ring (bicyclic) bond motifs is 1. The first-order valence-electron chi connectivity index (χ1n) is 11.6. The molecular weight excluding hydrogens is 481 g/mol. The second-order valence-electron chi connectivity index (χ2n) is 9.03. The van der Waals surface area contributed by atoms with Gasteiger partial charge in [-0.05, 0) is 69.8 Å². The third-order valence-corrected chi connectivity index (χ3v) is 6.60. The highest BCUT2D eigenvalue weighted by molar-refractivity contribution is 6.31. The molecule has 1 aromatic carbocycles. The van der Waals surface area contributed by atoms with Crippen LogP contribution >= 0.6 is 11.6 Å². The number of alkyl halides is 3. The van der Waals surface area contributed by atoms with Crippen LogP contribution in [0.3, 0.4) is 0 Å². The van der Waals surface area contributed by atoms with Gasteiger partial charge in [-0.2, -0.15) is 18.3 Å². The molecule has 2 atom stereocenters. The zero-order valence-corrected chi connectivity index (χ0v) is 20.3. The van der Waals surface area contributed by atoms with E-state index in [0.29, 0.717) is 46.5 Å². The molecule has 0 saturated heterocycles. The van der Waals surface area contributed by atoms with Crippen molar-refractivity contribution in [2.24, 2.45) is 5.92 Å². The summed E-state index contributed by atoms with van der Waals surface area (Å²) in [5.41, 5.74) is 1.64. The standard InChI is InChI=1S/C24H28ClF3N6O/c1-13-22(14(2)34-33-13)23(35)30-12-29-11-15-4-3-5-17(8-15)31-20-10-21(24(26,27)28)32-19-7-6-16(25)9-18(19)20/h6-7,9-10,15,17,29H,3-5,8,11-12H2,1-2H3,(H,30,35)(H,31,32)(H,33,34)/t15?,17-/m0/s1. The summed E-state index contributed by atoms with van der Waals surface area (Å²) in [5, 5.41) is 17.3. The number of H-pyrrole nitrogens is 1. The second kappa shape index (κ2) is 10.4. The lowest BCUT2D eigenvalue weighted by atomic mass is 9.85. The normalized spacial score (nSPS) is 18.6. The maximum atomic E-state index is 13.4. The molecule has 4 N–H and O–H groups in total. The van der Waals surface area contributed by atoms with Crippen LogP contribution in [0, 0.1) is 19.8 Å². The average molecular weight is 509 g/mol. The highest BCUT2D eigenvalue weighted by Gasteiger charge is 2.34. The maximum Gasteiger partial charge on any atom is 0.433 e. The number of nitrogens with zero attached hydrogens (tertiary/aromatic N) is 2. The van der Waals surface area contributed by atoms with E-state index in [4.69, 9.17) is 11.6 Å². The molecule has 2 aromatic heterocycles. The summed E-state index contributed by atoms with van der Waals surface area (Å²) in [4.78, 5) is 16.1. The SMILES string of the molecule is Cc1n[nH]c(C)c1C(=O)NCNCC1CCC[C@H](Nc2cc(C(F)(F)F)nc3ccc(Cl)cc23)C1. The minimum absolute atomic E-state index is 0.0204. The van der Waals surface area contributed by atoms with Gasteiger partial charge < -0.3 is 10.6 Å². The second-order valence-corrected chi connectivity index (χ2v) is 9.47. The summed E-state index contributed by atoms with van der Waals surface area (Å²) in [5.74, 6) is 0.141. The molecule has 0 spiro atoms. The van der Waals surface area contributed by atoms with Gasteiger partial charge in [0.05, 0.1) is 23.4 Å². The third-order valence-electron chi connectivity index (χ3n) is 6.37. The van der Waals surface area contributed by atoms with E-state index in [1.807, 2.05) is 0 Å². The summed E-state index contributed by atoms with van der Waals surface area (Å²) >= 11 is 6.11. The lowest BCUT2D eigenvalue weighted by Gasteiger charge is -2.31. The van der Waals surface area contributed by atoms with Gasteiger partial charge in [0.25, 0.3) is 5.91 Å². The number of pyridine rings is 1. The predicted molar refractivity (Wildman–Crippen MR) is 130 cm³/mol. The molecule has 1 aliphatic rings. The third kappa shape index (κ3) is 6.05. The number of nitrogens with one attached hydrogen (secondary N) is 4. The van der Waals surface area contributed by atoms with Crippen molar-refractivity contribution in [3.63, 3.8) is 0 Å². The maximum absolute atomic E-state index is 13.4. The Bertz CT molecular complexity index is 1190. The van der Waals surface area contributed by atoms with Crippen molar-refractivity contribution in [3.05, 3.63) is 51.9 Å². The molecule has 1 fully saturated rings. The quantitative estimate of drug-likeness (QED) is 0.260. The van der Waals surface area contributed by atoms with E-state index in [2.05, 4.69) is 31.1 Å². The number of aromatic amines is 1. The fourth-order valence-corrected chi connectivity index (χ4v) is 4.86. The van der Waals surface area contributed by atoms with E-state index >= 15 is 0 Å². The van der Waals surface area contributed by atoms with Gasteiger partial charge in [0.1, 0.15) is 5.69 Å². The zero-order valence-electron chi connectivity index (χ0n) is 19.5. The van der Waals surface area contributed by atoms with Gasteiger partial charge in [0.15, 0.2) is 0 Å². The Morgan fingerprint density at radius 2 is 2.03 bits per heavy atom. The van der Waals surface area contributed by atoms with E-state index in [1.54, 1.807) is 19.9 Å². The van der Waals surface area contributed by atoms with Crippen molar-refractivity contribution in [1.82, 2.24) is 25.8 Å². The molecule has 1 aliphatic carbocycles. The van der Waals surface area contributed by atoms with E-state index in [0.717, 1.165) is 37.4 Å². The van der Waals surface area contributed by atoms with Crippen LogP contribution in [0.15, 0.2) is 24.3 Å². The van der Waals surface area contributed by atoms with Crippen molar-refractivity contribution < 1.29 is 18.0 Å². The Kier molecular flexibility index (Phi) is 7.51. The highest BCUT2D eigenvalue weighted by Crippen LogP contribution is 2.35. The number of anilines is 1. The Hall–Kier alpha value is -2.85. The minimum Gasteiger partial charge on any atom is -0.382 e. The van der Waals surface area contributed by atoms with Crippen LogP contribution in [-0.4, -0.2) is 40.3 Å². The summed E-state index contributed by atoms with van der Waals surface area (Å²) in [6.07, 6.45) is -0.915. The Morgan fingerprint density at radius 3 is 2.74 bits per heavy atom. The molecule has 188 valence electrons. The Balaban J connectivity index is 1.36. The molecule has 0 aliphatic heterocycles. The van der Waals surface area contributed by atoms with Crippen molar-refractivity contribution in [2.45, 2.75) is 51.7 Å². The molecule has 35 heavy (non-hydrogen) atoms. The van der Waals surface area contributed by atoms with Gasteiger partial charge in [-0.25, -0.2) is 4.98 Å². The number of hydrogen-bond donors (Lipinski definition) is 4. The topological polar surface area (TPSA) is 94.7 Å². The molecule has 11 heteroatoms. The van der Waals surface area contributed by atoms with Crippen molar-refractivity contribution in [2.75, 3.05) is 18.5 Å². The monoisotopic (exact) mass is 508 g/mol. The van der Waals surface area contributed by atoms with Crippen molar-refractivity contribution in [1.29, 1.82) is 0 Å². The first kappa shape index (κ1) is 25.2. The van der Waals surface area contributed by atoms with E-state index < -0.39 is 11.9 Å². The van der Waals surface area contributed by atoms with E-state index in [-0.39, 0.29) is 17.5 Å². The van der Waals surface area contributed by atoms with Gasteiger partial charge in [-0.3, -0.25) is 15.2 Å². The van der Waals surface area contributed by atoms with Crippen LogP contribution < -0.4 is 16.0 Å². The largest absolute Gasteiger partial charge is 0.433 e. The molecule has 4 rings (SSSR count). The van der Waals surface area contributed by atoms with Gasteiger partial charge in [0.2, 0.25) is 0 Å². The van der Waals surface area contributed by atoms with Gasteiger partial charge >= 0.3 is 6.18 Å². The fraction of sp³-hybridized carbons (Fsp3) is 0.458. The van der Waals surface area contributed by atoms with Crippen LogP contribution in [0.4, 0.5) is 18.9 Å². The zero-order chi connectivity index (χ0) is 25.2. The smallest absolute Gasteiger partial charge is 0.382 e. The van der Waals surface area contributed by atoms with Gasteiger partial charge in [-0.15, -0.1) is 0 Å². The van der Waals surface area contributed by atoms with Crippen LogP contribution in [0.25, 0.3) is 10.9 Å². The molecule has 2 heterocycles. The van der Waals surface area contributed by atoms with E-state index in [1.165, 1.54) is 12.1 Å². The summed E-state index contributed by atoms with van der Waals surface area (Å²) in [6.45, 7) is 4.59. The minimum atomic E-state index is -4.54. The molecule has 0 bridgehead atoms. The highest BCUT2D eigenvalue weighted by atomic mass is 35.5. The molecule has 1 saturated carbocycles. The van der Waals surface area contributed by atoms with Gasteiger partial charge in [-0.1, -0.05) is 18.0 Å². The first-order valence-corrected chi connectivity index (χ1v) is 11.9. The van der Waals surface area contributed by atoms with E-state index in [9.17, 15) is 18.0 Å². The summed E-state index contributed by atoms with van der Waals surface area (Å²) < 4.78 is 40.3. The number of hydrogen-bond acceptors (Lipinski definition) is 5. The van der Waals surface area contributed by atoms with Crippen LogP contribution in [0.5, 0.6) is 0 Å². The lowest BCUT2D eigenvalue weighted by molar-refractivity contribution is -0.140. The Morgan fingerprint density at radius 1 is 1.23 bits per heavy atom. The molecule has 7 nitrogen and oxygen atoms in total. The average Bonchev–Trinajstić information content (AvgIpc) is 3.14. The number of amides is 1. The number of rotatable bonds is 7. The molecule has 0 radical (unpaired) electrons. The van der Waals surface area contributed by atoms with Crippen LogP contribution in [0.2, 0.25) is 5.02 Å². The molecule has 3 aromatic rings.